The molecule has 0 unspecified atom stereocenters. The third-order valence-corrected chi connectivity index (χ3v) is 4.60. The standard InChI is InChI=1S/C22H27NO2/c1-15-6-10-19(21-23-22(3,4)14-25-21)18(12-15)9-7-17-8-11-20(24-5)16(2)13-17/h6,8,10-13H,7,9,14H2,1-5H3. The van der Waals surface area contributed by atoms with Gasteiger partial charge in [0.05, 0.1) is 12.6 Å². The molecule has 3 nitrogen and oxygen atoms in total. The van der Waals surface area contributed by atoms with Crippen LogP contribution in [0.15, 0.2) is 41.4 Å². The number of hydrogen-bond donors (Lipinski definition) is 0. The number of ether oxygens (including phenoxy) is 2. The third kappa shape index (κ3) is 4.04. The summed E-state index contributed by atoms with van der Waals surface area (Å²) in [6.45, 7) is 9.07. The summed E-state index contributed by atoms with van der Waals surface area (Å²) in [5.41, 5.74) is 6.05. The van der Waals surface area contributed by atoms with E-state index in [1.165, 1.54) is 22.3 Å². The van der Waals surface area contributed by atoms with E-state index in [2.05, 4.69) is 64.1 Å². The predicted octanol–water partition coefficient (Wildman–Crippen LogP) is 4.65. The molecule has 0 fully saturated rings. The Hall–Kier alpha value is -2.29. The Morgan fingerprint density at radius 2 is 1.88 bits per heavy atom. The van der Waals surface area contributed by atoms with Crippen molar-refractivity contribution in [1.29, 1.82) is 0 Å². The van der Waals surface area contributed by atoms with E-state index in [0.29, 0.717) is 6.61 Å². The van der Waals surface area contributed by atoms with Gasteiger partial charge in [-0.15, -0.1) is 0 Å². The van der Waals surface area contributed by atoms with Crippen LogP contribution in [0.2, 0.25) is 0 Å². The van der Waals surface area contributed by atoms with Crippen molar-refractivity contribution in [2.45, 2.75) is 46.1 Å². The molecule has 3 heteroatoms. The molecule has 0 N–H and O–H groups in total. The minimum atomic E-state index is -0.134. The van der Waals surface area contributed by atoms with Crippen molar-refractivity contribution in [1.82, 2.24) is 0 Å². The van der Waals surface area contributed by atoms with Crippen LogP contribution in [0.25, 0.3) is 0 Å². The minimum absolute atomic E-state index is 0.134. The number of rotatable bonds is 5. The number of aliphatic imine (C=N–C) groups is 1. The largest absolute Gasteiger partial charge is 0.496 e. The quantitative estimate of drug-likeness (QED) is 0.795. The average Bonchev–Trinajstić information content (AvgIpc) is 2.93. The summed E-state index contributed by atoms with van der Waals surface area (Å²) in [7, 11) is 1.71. The van der Waals surface area contributed by atoms with Crippen molar-refractivity contribution in [2.75, 3.05) is 13.7 Å². The molecule has 2 aromatic rings. The lowest BCUT2D eigenvalue weighted by atomic mass is 9.97. The van der Waals surface area contributed by atoms with E-state index in [1.54, 1.807) is 7.11 Å². The first kappa shape index (κ1) is 17.5. The molecule has 0 amide bonds. The van der Waals surface area contributed by atoms with E-state index < -0.39 is 0 Å². The highest BCUT2D eigenvalue weighted by Gasteiger charge is 2.28. The maximum absolute atomic E-state index is 5.87. The lowest BCUT2D eigenvalue weighted by Crippen LogP contribution is -2.17. The van der Waals surface area contributed by atoms with Crippen LogP contribution in [0.3, 0.4) is 0 Å². The van der Waals surface area contributed by atoms with Crippen molar-refractivity contribution >= 4 is 5.90 Å². The molecule has 0 saturated heterocycles. The summed E-state index contributed by atoms with van der Waals surface area (Å²) in [6.07, 6.45) is 1.95. The fourth-order valence-corrected chi connectivity index (χ4v) is 3.24. The van der Waals surface area contributed by atoms with Gasteiger partial charge in [-0.25, -0.2) is 4.99 Å². The van der Waals surface area contributed by atoms with Gasteiger partial charge >= 0.3 is 0 Å². The topological polar surface area (TPSA) is 30.8 Å². The SMILES string of the molecule is COc1ccc(CCc2cc(C)ccc2C2=NC(C)(C)CO2)cc1C. The second-order valence-corrected chi connectivity index (χ2v) is 7.48. The van der Waals surface area contributed by atoms with Gasteiger partial charge < -0.3 is 9.47 Å². The molecule has 1 aliphatic rings. The van der Waals surface area contributed by atoms with Crippen molar-refractivity contribution in [3.63, 3.8) is 0 Å². The van der Waals surface area contributed by atoms with Crippen LogP contribution in [0, 0.1) is 13.8 Å². The Morgan fingerprint density at radius 1 is 1.08 bits per heavy atom. The van der Waals surface area contributed by atoms with Gasteiger partial charge in [-0.3, -0.25) is 0 Å². The number of aryl methyl sites for hydroxylation is 4. The summed E-state index contributed by atoms with van der Waals surface area (Å²) in [6, 6.07) is 12.9. The van der Waals surface area contributed by atoms with Gasteiger partial charge in [-0.05, 0) is 69.4 Å². The number of benzene rings is 2. The molecule has 0 aliphatic carbocycles. The molecule has 1 heterocycles. The highest BCUT2D eigenvalue weighted by atomic mass is 16.5. The fraction of sp³-hybridized carbons (Fsp3) is 0.409. The zero-order valence-electron chi connectivity index (χ0n) is 15.8. The monoisotopic (exact) mass is 337 g/mol. The zero-order chi connectivity index (χ0) is 18.0. The summed E-state index contributed by atoms with van der Waals surface area (Å²) < 4.78 is 11.2. The van der Waals surface area contributed by atoms with E-state index in [4.69, 9.17) is 14.5 Å². The Kier molecular flexibility index (Phi) is 4.85. The number of hydrogen-bond acceptors (Lipinski definition) is 3. The predicted molar refractivity (Wildman–Crippen MR) is 103 cm³/mol. The molecule has 132 valence electrons. The second-order valence-electron chi connectivity index (χ2n) is 7.48. The van der Waals surface area contributed by atoms with E-state index >= 15 is 0 Å². The molecule has 25 heavy (non-hydrogen) atoms. The van der Waals surface area contributed by atoms with Crippen molar-refractivity contribution < 1.29 is 9.47 Å². The molecular formula is C22H27NO2. The van der Waals surface area contributed by atoms with E-state index in [9.17, 15) is 0 Å². The van der Waals surface area contributed by atoms with Crippen LogP contribution < -0.4 is 4.74 Å². The van der Waals surface area contributed by atoms with Crippen LogP contribution in [-0.4, -0.2) is 25.2 Å². The fourth-order valence-electron chi connectivity index (χ4n) is 3.24. The Morgan fingerprint density at radius 3 is 2.52 bits per heavy atom. The lowest BCUT2D eigenvalue weighted by molar-refractivity contribution is 0.279. The summed E-state index contributed by atoms with van der Waals surface area (Å²) in [4.78, 5) is 4.75. The summed E-state index contributed by atoms with van der Waals surface area (Å²) in [5.74, 6) is 1.72. The molecule has 2 aromatic carbocycles. The summed E-state index contributed by atoms with van der Waals surface area (Å²) >= 11 is 0. The van der Waals surface area contributed by atoms with Crippen molar-refractivity contribution in [3.05, 3.63) is 64.2 Å². The highest BCUT2D eigenvalue weighted by Crippen LogP contribution is 2.25. The maximum atomic E-state index is 5.87. The van der Waals surface area contributed by atoms with Gasteiger partial charge in [0, 0.05) is 5.56 Å². The zero-order valence-corrected chi connectivity index (χ0v) is 15.8. The Bertz CT molecular complexity index is 806. The smallest absolute Gasteiger partial charge is 0.217 e. The second kappa shape index (κ2) is 6.91. The molecule has 0 aromatic heterocycles. The van der Waals surface area contributed by atoms with Crippen molar-refractivity contribution in [3.8, 4) is 5.75 Å². The molecular weight excluding hydrogens is 310 g/mol. The van der Waals surface area contributed by atoms with Crippen LogP contribution in [0.4, 0.5) is 0 Å². The maximum Gasteiger partial charge on any atom is 0.217 e. The molecule has 0 saturated carbocycles. The first-order chi connectivity index (χ1) is 11.9. The highest BCUT2D eigenvalue weighted by molar-refractivity contribution is 5.97. The van der Waals surface area contributed by atoms with Gasteiger partial charge in [0.2, 0.25) is 5.90 Å². The van der Waals surface area contributed by atoms with Crippen LogP contribution in [0.5, 0.6) is 5.75 Å². The molecule has 0 bridgehead atoms. The Labute approximate surface area is 150 Å². The molecule has 3 rings (SSSR count). The van der Waals surface area contributed by atoms with Gasteiger partial charge in [0.1, 0.15) is 12.4 Å². The van der Waals surface area contributed by atoms with E-state index in [0.717, 1.165) is 30.1 Å². The van der Waals surface area contributed by atoms with E-state index in [1.807, 2.05) is 0 Å². The lowest BCUT2D eigenvalue weighted by Gasteiger charge is -2.12. The normalized spacial score (nSPS) is 15.6. The first-order valence-corrected chi connectivity index (χ1v) is 8.84. The minimum Gasteiger partial charge on any atom is -0.496 e. The number of methoxy groups -OCH3 is 1. The average molecular weight is 337 g/mol. The first-order valence-electron chi connectivity index (χ1n) is 8.84. The molecule has 0 atom stereocenters. The van der Waals surface area contributed by atoms with Gasteiger partial charge in [0.25, 0.3) is 0 Å². The molecule has 1 aliphatic heterocycles. The summed E-state index contributed by atoms with van der Waals surface area (Å²) in [5, 5.41) is 0. The van der Waals surface area contributed by atoms with Gasteiger partial charge in [-0.1, -0.05) is 29.8 Å². The Balaban J connectivity index is 1.83. The third-order valence-electron chi connectivity index (χ3n) is 4.60. The number of nitrogens with zero attached hydrogens (tertiary/aromatic N) is 1. The van der Waals surface area contributed by atoms with Gasteiger partial charge in [0.15, 0.2) is 0 Å². The molecule has 0 radical (unpaired) electrons. The van der Waals surface area contributed by atoms with Crippen LogP contribution in [0.1, 0.15) is 41.7 Å². The van der Waals surface area contributed by atoms with Crippen LogP contribution in [-0.2, 0) is 17.6 Å². The molecule has 0 spiro atoms. The van der Waals surface area contributed by atoms with E-state index in [-0.39, 0.29) is 5.54 Å². The van der Waals surface area contributed by atoms with Gasteiger partial charge in [-0.2, -0.15) is 0 Å². The van der Waals surface area contributed by atoms with Crippen LogP contribution >= 0.6 is 0 Å². The van der Waals surface area contributed by atoms with Crippen molar-refractivity contribution in [2.24, 2.45) is 4.99 Å².